The second-order valence-corrected chi connectivity index (χ2v) is 5.38. The zero-order valence-corrected chi connectivity index (χ0v) is 12.2. The Bertz CT molecular complexity index is 545. The summed E-state index contributed by atoms with van der Waals surface area (Å²) >= 11 is 0. The lowest BCUT2D eigenvalue weighted by atomic mass is 10.1. The highest BCUT2D eigenvalue weighted by atomic mass is 19.4. The van der Waals surface area contributed by atoms with Crippen molar-refractivity contribution in [1.82, 2.24) is 0 Å². The summed E-state index contributed by atoms with van der Waals surface area (Å²) in [5.41, 5.74) is -0.0585. The zero-order valence-electron chi connectivity index (χ0n) is 12.2. The summed E-state index contributed by atoms with van der Waals surface area (Å²) in [7, 11) is 0. The molecule has 2 rings (SSSR count). The van der Waals surface area contributed by atoms with Gasteiger partial charge >= 0.3 is 12.1 Å². The first-order valence-corrected chi connectivity index (χ1v) is 7.05. The van der Waals surface area contributed by atoms with Gasteiger partial charge in [-0.3, -0.25) is 0 Å². The first-order valence-electron chi connectivity index (χ1n) is 7.05. The summed E-state index contributed by atoms with van der Waals surface area (Å²) in [5.74, 6) is -1.10. The quantitative estimate of drug-likeness (QED) is 0.911. The Kier molecular flexibility index (Phi) is 4.95. The van der Waals surface area contributed by atoms with Gasteiger partial charge in [-0.1, -0.05) is 0 Å². The second-order valence-electron chi connectivity index (χ2n) is 5.38. The van der Waals surface area contributed by atoms with E-state index in [4.69, 9.17) is 4.74 Å². The van der Waals surface area contributed by atoms with Crippen LogP contribution in [0.25, 0.3) is 0 Å². The lowest BCUT2D eigenvalue weighted by molar-refractivity contribution is -0.140. The maximum atomic E-state index is 13.0. The number of hydrogen-bond acceptors (Lipinski definition) is 3. The van der Waals surface area contributed by atoms with E-state index in [-0.39, 0.29) is 12.3 Å². The van der Waals surface area contributed by atoms with Gasteiger partial charge in [0.1, 0.15) is 0 Å². The number of halogens is 3. The van der Waals surface area contributed by atoms with Gasteiger partial charge in [-0.2, -0.15) is 13.2 Å². The van der Waals surface area contributed by atoms with Gasteiger partial charge in [0.25, 0.3) is 0 Å². The Hall–Kier alpha value is -1.76. The van der Waals surface area contributed by atoms with Crippen LogP contribution in [0.2, 0.25) is 0 Å². The Balaban J connectivity index is 2.41. The van der Waals surface area contributed by atoms with Gasteiger partial charge in [-0.15, -0.1) is 0 Å². The van der Waals surface area contributed by atoms with Crippen LogP contribution < -0.4 is 4.90 Å². The minimum Gasteiger partial charge on any atom is -0.480 e. The first kappa shape index (κ1) is 16.6. The standard InChI is InChI=1S/C15H18F3NO3/c1-10-6-11(15(16,17)18)8-12(7-10)19-4-2-3-5-22-9-13(19)14(20)21/h6-8,13H,2-5,9H2,1H3,(H,20,21). The van der Waals surface area contributed by atoms with Gasteiger partial charge in [0.05, 0.1) is 12.2 Å². The molecule has 122 valence electrons. The molecule has 0 bridgehead atoms. The zero-order chi connectivity index (χ0) is 16.3. The number of nitrogens with zero attached hydrogens (tertiary/aromatic N) is 1. The maximum Gasteiger partial charge on any atom is 0.416 e. The fraction of sp³-hybridized carbons (Fsp3) is 0.533. The van der Waals surface area contributed by atoms with Gasteiger partial charge in [0, 0.05) is 18.8 Å². The molecule has 22 heavy (non-hydrogen) atoms. The van der Waals surface area contributed by atoms with E-state index in [9.17, 15) is 23.1 Å². The molecular formula is C15H18F3NO3. The van der Waals surface area contributed by atoms with Crippen molar-refractivity contribution in [3.63, 3.8) is 0 Å². The molecule has 1 atom stereocenters. The number of carbonyl (C=O) groups is 1. The van der Waals surface area contributed by atoms with Crippen LogP contribution in [0.4, 0.5) is 18.9 Å². The third-order valence-electron chi connectivity index (χ3n) is 3.60. The molecule has 4 nitrogen and oxygen atoms in total. The van der Waals surface area contributed by atoms with Crippen molar-refractivity contribution in [3.05, 3.63) is 29.3 Å². The topological polar surface area (TPSA) is 49.8 Å². The van der Waals surface area contributed by atoms with E-state index < -0.39 is 23.8 Å². The van der Waals surface area contributed by atoms with Crippen LogP contribution >= 0.6 is 0 Å². The molecule has 1 heterocycles. The monoisotopic (exact) mass is 317 g/mol. The van der Waals surface area contributed by atoms with E-state index in [0.717, 1.165) is 18.6 Å². The van der Waals surface area contributed by atoms with Gasteiger partial charge in [0.2, 0.25) is 0 Å². The molecule has 1 aliphatic heterocycles. The number of aryl methyl sites for hydroxylation is 1. The Morgan fingerprint density at radius 3 is 2.68 bits per heavy atom. The van der Waals surface area contributed by atoms with Crippen molar-refractivity contribution < 1.29 is 27.8 Å². The Morgan fingerprint density at radius 2 is 2.05 bits per heavy atom. The average molecular weight is 317 g/mol. The van der Waals surface area contributed by atoms with Crippen LogP contribution in [-0.4, -0.2) is 36.9 Å². The Labute approximate surface area is 126 Å². The van der Waals surface area contributed by atoms with Crippen LogP contribution in [0.15, 0.2) is 18.2 Å². The second kappa shape index (κ2) is 6.56. The van der Waals surface area contributed by atoms with Crippen LogP contribution in [0, 0.1) is 6.92 Å². The molecule has 1 N–H and O–H groups in total. The molecule has 1 fully saturated rings. The van der Waals surface area contributed by atoms with Crippen molar-refractivity contribution >= 4 is 11.7 Å². The number of ether oxygens (including phenoxy) is 1. The third-order valence-corrected chi connectivity index (χ3v) is 3.60. The summed E-state index contributed by atoms with van der Waals surface area (Å²) in [6.45, 7) is 2.39. The minimum absolute atomic E-state index is 0.0371. The Morgan fingerprint density at radius 1 is 1.32 bits per heavy atom. The maximum absolute atomic E-state index is 13.0. The van der Waals surface area contributed by atoms with E-state index in [2.05, 4.69) is 0 Å². The van der Waals surface area contributed by atoms with Gasteiger partial charge in [-0.25, -0.2) is 4.79 Å². The molecule has 0 saturated carbocycles. The molecule has 0 aromatic heterocycles. The van der Waals surface area contributed by atoms with Gasteiger partial charge < -0.3 is 14.7 Å². The number of carboxylic acids is 1. The van der Waals surface area contributed by atoms with E-state index in [0.29, 0.717) is 25.1 Å². The van der Waals surface area contributed by atoms with Crippen molar-refractivity contribution in [2.45, 2.75) is 32.0 Å². The van der Waals surface area contributed by atoms with Crippen molar-refractivity contribution in [2.75, 3.05) is 24.7 Å². The molecule has 1 aliphatic rings. The van der Waals surface area contributed by atoms with Crippen molar-refractivity contribution in [1.29, 1.82) is 0 Å². The number of anilines is 1. The molecule has 1 saturated heterocycles. The molecular weight excluding hydrogens is 299 g/mol. The molecule has 1 aromatic rings. The predicted octanol–water partition coefficient (Wildman–Crippen LogP) is 3.08. The minimum atomic E-state index is -4.46. The molecule has 7 heteroatoms. The smallest absolute Gasteiger partial charge is 0.416 e. The lowest BCUT2D eigenvalue weighted by Gasteiger charge is -2.33. The van der Waals surface area contributed by atoms with Gasteiger partial charge in [-0.05, 0) is 43.5 Å². The van der Waals surface area contributed by atoms with E-state index >= 15 is 0 Å². The molecule has 0 spiro atoms. The van der Waals surface area contributed by atoms with E-state index in [1.165, 1.54) is 4.90 Å². The third kappa shape index (κ3) is 3.91. The van der Waals surface area contributed by atoms with Gasteiger partial charge in [0.15, 0.2) is 6.04 Å². The normalized spacial score (nSPS) is 20.4. The van der Waals surface area contributed by atoms with E-state index in [1.54, 1.807) is 13.0 Å². The number of aliphatic carboxylic acids is 1. The first-order chi connectivity index (χ1) is 10.3. The average Bonchev–Trinajstić information content (AvgIpc) is 2.36. The van der Waals surface area contributed by atoms with E-state index in [1.807, 2.05) is 0 Å². The summed E-state index contributed by atoms with van der Waals surface area (Å²) in [5, 5.41) is 9.34. The van der Waals surface area contributed by atoms with Crippen LogP contribution in [0.1, 0.15) is 24.0 Å². The summed E-state index contributed by atoms with van der Waals surface area (Å²) in [4.78, 5) is 12.9. The summed E-state index contributed by atoms with van der Waals surface area (Å²) in [6, 6.07) is 2.65. The number of carboxylic acid groups (broad SMARTS) is 1. The largest absolute Gasteiger partial charge is 0.480 e. The number of alkyl halides is 3. The van der Waals surface area contributed by atoms with Crippen LogP contribution in [0.3, 0.4) is 0 Å². The highest BCUT2D eigenvalue weighted by molar-refractivity contribution is 5.78. The highest BCUT2D eigenvalue weighted by Gasteiger charge is 2.33. The summed E-state index contributed by atoms with van der Waals surface area (Å²) in [6.07, 6.45) is -3.04. The fourth-order valence-electron chi connectivity index (χ4n) is 2.53. The lowest BCUT2D eigenvalue weighted by Crippen LogP contribution is -2.46. The SMILES string of the molecule is Cc1cc(N2CCCCOCC2C(=O)O)cc(C(F)(F)F)c1. The molecule has 1 aromatic carbocycles. The molecule has 0 amide bonds. The summed E-state index contributed by atoms with van der Waals surface area (Å²) < 4.78 is 44.2. The van der Waals surface area contributed by atoms with Crippen molar-refractivity contribution in [3.8, 4) is 0 Å². The van der Waals surface area contributed by atoms with Crippen molar-refractivity contribution in [2.24, 2.45) is 0 Å². The number of benzene rings is 1. The van der Waals surface area contributed by atoms with Crippen LogP contribution in [0.5, 0.6) is 0 Å². The number of rotatable bonds is 2. The number of hydrogen-bond donors (Lipinski definition) is 1. The molecule has 0 radical (unpaired) electrons. The fourth-order valence-corrected chi connectivity index (χ4v) is 2.53. The molecule has 0 aliphatic carbocycles. The van der Waals surface area contributed by atoms with Crippen LogP contribution in [-0.2, 0) is 15.7 Å². The molecule has 1 unspecified atom stereocenters. The predicted molar refractivity (Wildman–Crippen MR) is 75.0 cm³/mol. The highest BCUT2D eigenvalue weighted by Crippen LogP contribution is 2.33.